The molecule has 0 radical (unpaired) electrons. The Balaban J connectivity index is 0.820. The number of hydrogen-bond donors (Lipinski definition) is 0. The van der Waals surface area contributed by atoms with Gasteiger partial charge in [0.05, 0.1) is 11.0 Å². The first-order chi connectivity index (χ1) is 34.2. The lowest BCUT2D eigenvalue weighted by molar-refractivity contribution is 0.669. The van der Waals surface area contributed by atoms with Gasteiger partial charge in [-0.1, -0.05) is 194 Å². The van der Waals surface area contributed by atoms with Crippen molar-refractivity contribution in [1.29, 1.82) is 0 Å². The summed E-state index contributed by atoms with van der Waals surface area (Å²) in [5.74, 6) is 0. The van der Waals surface area contributed by atoms with Crippen molar-refractivity contribution in [2.45, 2.75) is 0 Å². The van der Waals surface area contributed by atoms with Crippen LogP contribution in [0.25, 0.3) is 105 Å². The van der Waals surface area contributed by atoms with Gasteiger partial charge in [-0.25, -0.2) is 0 Å². The fraction of sp³-hybridized carbons (Fsp3) is 0. The summed E-state index contributed by atoms with van der Waals surface area (Å²) in [5.41, 5.74) is 20.4. The number of furan rings is 1. The largest absolute Gasteiger partial charge is 0.456 e. The number of para-hydroxylation sites is 3. The molecular weight excluding hydrogens is 837 g/mol. The van der Waals surface area contributed by atoms with E-state index in [0.29, 0.717) is 0 Å². The molecular formula is C66H44N2O. The van der Waals surface area contributed by atoms with Gasteiger partial charge >= 0.3 is 0 Å². The van der Waals surface area contributed by atoms with E-state index in [1.807, 2.05) is 12.1 Å². The van der Waals surface area contributed by atoms with Crippen LogP contribution in [0, 0.1) is 0 Å². The molecule has 0 aliphatic heterocycles. The van der Waals surface area contributed by atoms with Crippen molar-refractivity contribution in [3.8, 4) is 61.3 Å². The molecule has 3 nitrogen and oxygen atoms in total. The zero-order valence-corrected chi connectivity index (χ0v) is 37.7. The lowest BCUT2D eigenvalue weighted by atomic mass is 9.94. The Kier molecular flexibility index (Phi) is 9.84. The Morgan fingerprint density at radius 1 is 0.261 bits per heavy atom. The number of aromatic nitrogens is 1. The Hall–Kier alpha value is -9.18. The maximum absolute atomic E-state index is 6.26. The van der Waals surface area contributed by atoms with Gasteiger partial charge in [0.1, 0.15) is 11.2 Å². The third-order valence-electron chi connectivity index (χ3n) is 13.7. The van der Waals surface area contributed by atoms with E-state index in [1.165, 1.54) is 60.8 Å². The maximum atomic E-state index is 6.26. The van der Waals surface area contributed by atoms with Crippen molar-refractivity contribution in [3.63, 3.8) is 0 Å². The second-order valence-corrected chi connectivity index (χ2v) is 17.7. The molecule has 0 amide bonds. The number of anilines is 3. The predicted molar refractivity (Wildman–Crippen MR) is 290 cm³/mol. The molecule has 69 heavy (non-hydrogen) atoms. The molecule has 3 heteroatoms. The molecule has 2 aromatic heterocycles. The molecule has 0 unspecified atom stereocenters. The van der Waals surface area contributed by atoms with Crippen molar-refractivity contribution < 1.29 is 4.42 Å². The number of nitrogens with zero attached hydrogens (tertiary/aromatic N) is 2. The summed E-state index contributed by atoms with van der Waals surface area (Å²) in [5, 5.41) is 4.81. The minimum Gasteiger partial charge on any atom is -0.456 e. The van der Waals surface area contributed by atoms with Crippen molar-refractivity contribution in [1.82, 2.24) is 4.57 Å². The quantitative estimate of drug-likeness (QED) is 0.144. The van der Waals surface area contributed by atoms with Crippen molar-refractivity contribution >= 4 is 60.8 Å². The Morgan fingerprint density at radius 2 is 0.638 bits per heavy atom. The van der Waals surface area contributed by atoms with Crippen LogP contribution in [-0.4, -0.2) is 4.57 Å². The highest BCUT2D eigenvalue weighted by Gasteiger charge is 2.17. The molecule has 324 valence electrons. The fourth-order valence-electron chi connectivity index (χ4n) is 10.3. The first kappa shape index (κ1) is 40.1. The first-order valence-electron chi connectivity index (χ1n) is 23.6. The maximum Gasteiger partial charge on any atom is 0.136 e. The van der Waals surface area contributed by atoms with Crippen LogP contribution < -0.4 is 4.90 Å². The van der Waals surface area contributed by atoms with Gasteiger partial charge in [0.2, 0.25) is 0 Å². The smallest absolute Gasteiger partial charge is 0.136 e. The number of benzene rings is 11. The van der Waals surface area contributed by atoms with Crippen LogP contribution in [0.15, 0.2) is 271 Å². The topological polar surface area (TPSA) is 21.3 Å². The van der Waals surface area contributed by atoms with Gasteiger partial charge in [-0.2, -0.15) is 0 Å². The number of rotatable bonds is 9. The van der Waals surface area contributed by atoms with Crippen LogP contribution >= 0.6 is 0 Å². The average molecular weight is 881 g/mol. The van der Waals surface area contributed by atoms with E-state index in [0.717, 1.165) is 61.4 Å². The molecule has 2 heterocycles. The van der Waals surface area contributed by atoms with E-state index in [4.69, 9.17) is 4.42 Å². The van der Waals surface area contributed by atoms with E-state index in [1.54, 1.807) is 0 Å². The zero-order chi connectivity index (χ0) is 45.7. The SMILES string of the molecule is c1ccc(-c2ccccc2-c2ccc(N(c3ccc(-c4ccc(-c5ccc(-n6c7ccccc7c7ccccc76)cc5)cc4)cc3)c3ccc(-c4cccc5oc6ccccc6c45)cc3)cc2)cc1. The standard InChI is InChI=1S/C66H44N2O/c1-2-13-49(14-3-1)56-15-4-5-16-57(56)50-33-41-53(42-34-50)67(54-43-35-51(36-44-54)58-20-12-24-65-66(58)61-19-8-11-23-64(61)69-65)52-37-29-47(30-38-52)45-25-27-46(28-26-45)48-31-39-55(40-32-48)68-62-21-9-6-17-59(62)60-18-7-10-22-63(60)68/h1-44H. The van der Waals surface area contributed by atoms with Gasteiger partial charge in [0.25, 0.3) is 0 Å². The second-order valence-electron chi connectivity index (χ2n) is 17.7. The van der Waals surface area contributed by atoms with Crippen LogP contribution in [0.1, 0.15) is 0 Å². The molecule has 0 saturated heterocycles. The molecule has 11 aromatic carbocycles. The third-order valence-corrected chi connectivity index (χ3v) is 13.7. The summed E-state index contributed by atoms with van der Waals surface area (Å²) < 4.78 is 8.63. The second kappa shape index (κ2) is 16.9. The van der Waals surface area contributed by atoms with Crippen molar-refractivity contribution in [2.75, 3.05) is 4.90 Å². The van der Waals surface area contributed by atoms with Crippen molar-refractivity contribution in [2.24, 2.45) is 0 Å². The molecule has 0 fully saturated rings. The molecule has 0 spiro atoms. The average Bonchev–Trinajstić information content (AvgIpc) is 3.98. The summed E-state index contributed by atoms with van der Waals surface area (Å²) in [4.78, 5) is 2.35. The van der Waals surface area contributed by atoms with Gasteiger partial charge in [-0.15, -0.1) is 0 Å². The van der Waals surface area contributed by atoms with Gasteiger partial charge in [0.15, 0.2) is 0 Å². The monoisotopic (exact) mass is 880 g/mol. The van der Waals surface area contributed by atoms with E-state index in [9.17, 15) is 0 Å². The Morgan fingerprint density at radius 3 is 1.19 bits per heavy atom. The summed E-state index contributed by atoms with van der Waals surface area (Å²) in [7, 11) is 0. The number of hydrogen-bond acceptors (Lipinski definition) is 2. The summed E-state index contributed by atoms with van der Waals surface area (Å²) in [6.45, 7) is 0. The number of fused-ring (bicyclic) bond motifs is 6. The van der Waals surface area contributed by atoms with Crippen LogP contribution in [0.5, 0.6) is 0 Å². The normalized spacial score (nSPS) is 11.5. The molecule has 0 bridgehead atoms. The van der Waals surface area contributed by atoms with Crippen LogP contribution in [0.3, 0.4) is 0 Å². The minimum absolute atomic E-state index is 0.896. The highest BCUT2D eigenvalue weighted by molar-refractivity contribution is 6.12. The highest BCUT2D eigenvalue weighted by Crippen LogP contribution is 2.42. The first-order valence-corrected chi connectivity index (χ1v) is 23.6. The van der Waals surface area contributed by atoms with Gasteiger partial charge in [-0.05, 0) is 128 Å². The molecule has 0 atom stereocenters. The summed E-state index contributed by atoms with van der Waals surface area (Å²) in [6, 6.07) is 96.0. The van der Waals surface area contributed by atoms with E-state index in [-0.39, 0.29) is 0 Å². The highest BCUT2D eigenvalue weighted by atomic mass is 16.3. The zero-order valence-electron chi connectivity index (χ0n) is 37.7. The predicted octanol–water partition coefficient (Wildman–Crippen LogP) is 18.5. The van der Waals surface area contributed by atoms with Gasteiger partial charge in [0, 0.05) is 44.3 Å². The lowest BCUT2D eigenvalue weighted by Gasteiger charge is -2.26. The van der Waals surface area contributed by atoms with Gasteiger partial charge < -0.3 is 13.9 Å². The van der Waals surface area contributed by atoms with Crippen LogP contribution in [-0.2, 0) is 0 Å². The van der Waals surface area contributed by atoms with Crippen LogP contribution in [0.2, 0.25) is 0 Å². The van der Waals surface area contributed by atoms with Crippen molar-refractivity contribution in [3.05, 3.63) is 267 Å². The third kappa shape index (κ3) is 7.16. The summed E-state index contributed by atoms with van der Waals surface area (Å²) >= 11 is 0. The molecule has 13 rings (SSSR count). The summed E-state index contributed by atoms with van der Waals surface area (Å²) in [6.07, 6.45) is 0. The lowest BCUT2D eigenvalue weighted by Crippen LogP contribution is -2.09. The molecule has 0 N–H and O–H groups in total. The van der Waals surface area contributed by atoms with E-state index in [2.05, 4.69) is 264 Å². The minimum atomic E-state index is 0.896. The molecule has 0 saturated carbocycles. The Bertz CT molecular complexity index is 3910. The van der Waals surface area contributed by atoms with E-state index >= 15 is 0 Å². The van der Waals surface area contributed by atoms with Gasteiger partial charge in [-0.3, -0.25) is 0 Å². The Labute approximate surface area is 401 Å². The molecule has 13 aromatic rings. The fourth-order valence-corrected chi connectivity index (χ4v) is 10.3. The molecule has 0 aliphatic rings. The van der Waals surface area contributed by atoms with E-state index < -0.39 is 0 Å². The molecule has 0 aliphatic carbocycles. The van der Waals surface area contributed by atoms with Crippen LogP contribution in [0.4, 0.5) is 17.1 Å².